The van der Waals surface area contributed by atoms with Gasteiger partial charge in [0.1, 0.15) is 5.03 Å². The zero-order chi connectivity index (χ0) is 18.4. The van der Waals surface area contributed by atoms with Gasteiger partial charge in [-0.1, -0.05) is 31.0 Å². The Hall–Kier alpha value is -1.86. The third-order valence-electron chi connectivity index (χ3n) is 4.24. The van der Waals surface area contributed by atoms with Gasteiger partial charge >= 0.3 is 0 Å². The van der Waals surface area contributed by atoms with Gasteiger partial charge in [-0.25, -0.2) is 13.4 Å². The second kappa shape index (κ2) is 8.68. The molecule has 0 saturated heterocycles. The van der Waals surface area contributed by atoms with Crippen LogP contribution in [-0.2, 0) is 9.84 Å². The van der Waals surface area contributed by atoms with Crippen LogP contribution in [0.2, 0.25) is 0 Å². The molecule has 1 saturated carbocycles. The van der Waals surface area contributed by atoms with Gasteiger partial charge in [-0.05, 0) is 36.6 Å². The van der Waals surface area contributed by atoms with Gasteiger partial charge < -0.3 is 5.32 Å². The summed E-state index contributed by atoms with van der Waals surface area (Å²) in [6.07, 6.45) is 5.16. The molecule has 0 aliphatic heterocycles. The van der Waals surface area contributed by atoms with E-state index in [1.54, 1.807) is 48.7 Å². The predicted octanol–water partition coefficient (Wildman–Crippen LogP) is 3.18. The summed E-state index contributed by atoms with van der Waals surface area (Å²) in [4.78, 5) is 16.9. The van der Waals surface area contributed by atoms with Crippen molar-refractivity contribution in [2.45, 2.75) is 29.2 Å². The molecule has 138 valence electrons. The van der Waals surface area contributed by atoms with Crippen LogP contribution in [0.15, 0.2) is 58.6 Å². The van der Waals surface area contributed by atoms with Crippen LogP contribution in [-0.4, -0.2) is 37.4 Å². The van der Waals surface area contributed by atoms with E-state index in [1.165, 1.54) is 24.6 Å². The molecule has 7 heteroatoms. The molecule has 1 N–H and O–H groups in total. The lowest BCUT2D eigenvalue weighted by atomic mass is 10.2. The maximum Gasteiger partial charge on any atom is 0.254 e. The predicted molar refractivity (Wildman–Crippen MR) is 103 cm³/mol. The molecule has 0 atom stereocenters. The standard InChI is InChI=1S/C19H22N2O3S2/c22-18(20-12-10-15-8-9-15)17-7-4-11-21-19(17)25-13-14-26(23,24)16-5-2-1-3-6-16/h1-7,11,15H,8-10,12-14H2,(H,20,22). The van der Waals surface area contributed by atoms with Crippen LogP contribution in [0.3, 0.4) is 0 Å². The van der Waals surface area contributed by atoms with Gasteiger partial charge in [0.25, 0.3) is 5.91 Å². The SMILES string of the molecule is O=C(NCCC1CC1)c1cccnc1SCCS(=O)(=O)c1ccccc1. The summed E-state index contributed by atoms with van der Waals surface area (Å²) in [7, 11) is -3.33. The van der Waals surface area contributed by atoms with Crippen molar-refractivity contribution in [3.8, 4) is 0 Å². The summed E-state index contributed by atoms with van der Waals surface area (Å²) in [6, 6.07) is 11.9. The fraction of sp³-hybridized carbons (Fsp3) is 0.368. The summed E-state index contributed by atoms with van der Waals surface area (Å²) < 4.78 is 24.7. The van der Waals surface area contributed by atoms with E-state index in [4.69, 9.17) is 0 Å². The first-order valence-electron chi connectivity index (χ1n) is 8.70. The number of aromatic nitrogens is 1. The number of hydrogen-bond donors (Lipinski definition) is 1. The van der Waals surface area contributed by atoms with Crippen LogP contribution in [0.5, 0.6) is 0 Å². The Kier molecular flexibility index (Phi) is 6.32. The summed E-state index contributed by atoms with van der Waals surface area (Å²) in [5, 5.41) is 3.50. The van der Waals surface area contributed by atoms with Crippen LogP contribution < -0.4 is 5.32 Å². The van der Waals surface area contributed by atoms with Crippen molar-refractivity contribution in [1.82, 2.24) is 10.3 Å². The molecule has 3 rings (SSSR count). The Morgan fingerprint density at radius 2 is 1.92 bits per heavy atom. The number of pyridine rings is 1. The average molecular weight is 391 g/mol. The van der Waals surface area contributed by atoms with E-state index in [1.807, 2.05) is 0 Å². The minimum Gasteiger partial charge on any atom is -0.352 e. The number of nitrogens with zero attached hydrogens (tertiary/aromatic N) is 1. The van der Waals surface area contributed by atoms with Crippen molar-refractivity contribution >= 4 is 27.5 Å². The zero-order valence-electron chi connectivity index (χ0n) is 14.4. The van der Waals surface area contributed by atoms with Gasteiger partial charge in [0.15, 0.2) is 9.84 Å². The van der Waals surface area contributed by atoms with E-state index in [2.05, 4.69) is 10.3 Å². The molecular formula is C19H22N2O3S2. The van der Waals surface area contributed by atoms with E-state index in [0.29, 0.717) is 27.8 Å². The van der Waals surface area contributed by atoms with Crippen LogP contribution in [0.4, 0.5) is 0 Å². The highest BCUT2D eigenvalue weighted by molar-refractivity contribution is 8.00. The number of hydrogen-bond acceptors (Lipinski definition) is 5. The Morgan fingerprint density at radius 1 is 1.15 bits per heavy atom. The molecule has 26 heavy (non-hydrogen) atoms. The summed E-state index contributed by atoms with van der Waals surface area (Å²) in [5.74, 6) is 0.964. The Bertz CT molecular complexity index is 850. The lowest BCUT2D eigenvalue weighted by Crippen LogP contribution is -2.25. The van der Waals surface area contributed by atoms with Gasteiger partial charge in [-0.15, -0.1) is 11.8 Å². The zero-order valence-corrected chi connectivity index (χ0v) is 16.1. The fourth-order valence-corrected chi connectivity index (χ4v) is 5.23. The van der Waals surface area contributed by atoms with E-state index < -0.39 is 9.84 Å². The fourth-order valence-electron chi connectivity index (χ4n) is 2.56. The molecule has 1 aromatic carbocycles. The van der Waals surface area contributed by atoms with E-state index in [0.717, 1.165) is 12.3 Å². The molecule has 0 unspecified atom stereocenters. The highest BCUT2D eigenvalue weighted by atomic mass is 32.2. The van der Waals surface area contributed by atoms with Gasteiger partial charge in [-0.2, -0.15) is 0 Å². The minimum atomic E-state index is -3.33. The smallest absolute Gasteiger partial charge is 0.254 e. The second-order valence-electron chi connectivity index (χ2n) is 6.32. The first kappa shape index (κ1) is 18.9. The van der Waals surface area contributed by atoms with Crippen molar-refractivity contribution in [2.75, 3.05) is 18.1 Å². The third-order valence-corrected chi connectivity index (χ3v) is 7.24. The number of amides is 1. The molecule has 0 radical (unpaired) electrons. The molecular weight excluding hydrogens is 368 g/mol. The maximum absolute atomic E-state index is 12.4. The number of carbonyl (C=O) groups excluding carboxylic acids is 1. The van der Waals surface area contributed by atoms with Crippen LogP contribution in [0, 0.1) is 5.92 Å². The summed E-state index contributed by atoms with van der Waals surface area (Å²) in [6.45, 7) is 0.672. The highest BCUT2D eigenvalue weighted by Crippen LogP contribution is 2.31. The quantitative estimate of drug-likeness (QED) is 0.666. The molecule has 5 nitrogen and oxygen atoms in total. The van der Waals surface area contributed by atoms with Crippen molar-refractivity contribution in [3.63, 3.8) is 0 Å². The lowest BCUT2D eigenvalue weighted by molar-refractivity contribution is 0.0949. The molecule has 1 aliphatic rings. The molecule has 1 aromatic heterocycles. The summed E-state index contributed by atoms with van der Waals surface area (Å²) in [5.41, 5.74) is 0.505. The number of benzene rings is 1. The monoisotopic (exact) mass is 390 g/mol. The number of thioether (sulfide) groups is 1. The van der Waals surface area contributed by atoms with Crippen LogP contribution in [0.25, 0.3) is 0 Å². The van der Waals surface area contributed by atoms with Crippen molar-refractivity contribution in [2.24, 2.45) is 5.92 Å². The molecule has 1 heterocycles. The average Bonchev–Trinajstić information content (AvgIpc) is 3.47. The van der Waals surface area contributed by atoms with Gasteiger partial charge in [0.2, 0.25) is 0 Å². The van der Waals surface area contributed by atoms with Crippen LogP contribution in [0.1, 0.15) is 29.6 Å². The normalized spacial score (nSPS) is 14.2. The first-order valence-corrected chi connectivity index (χ1v) is 11.3. The van der Waals surface area contributed by atoms with Crippen molar-refractivity contribution < 1.29 is 13.2 Å². The number of carbonyl (C=O) groups is 1. The molecule has 0 bridgehead atoms. The van der Waals surface area contributed by atoms with E-state index in [9.17, 15) is 13.2 Å². The maximum atomic E-state index is 12.4. The third kappa shape index (κ3) is 5.32. The second-order valence-corrected chi connectivity index (χ2v) is 9.52. The largest absolute Gasteiger partial charge is 0.352 e. The Morgan fingerprint density at radius 3 is 2.65 bits per heavy atom. The topological polar surface area (TPSA) is 76.1 Å². The van der Waals surface area contributed by atoms with Crippen LogP contribution >= 0.6 is 11.8 Å². The molecule has 1 amide bonds. The van der Waals surface area contributed by atoms with E-state index >= 15 is 0 Å². The molecule has 1 aliphatic carbocycles. The number of sulfone groups is 1. The van der Waals surface area contributed by atoms with Crippen molar-refractivity contribution in [1.29, 1.82) is 0 Å². The van der Waals surface area contributed by atoms with Gasteiger partial charge in [0.05, 0.1) is 16.2 Å². The first-order chi connectivity index (χ1) is 12.6. The lowest BCUT2D eigenvalue weighted by Gasteiger charge is -2.09. The highest BCUT2D eigenvalue weighted by Gasteiger charge is 2.21. The number of rotatable bonds is 9. The Balaban J connectivity index is 1.57. The molecule has 0 spiro atoms. The molecule has 1 fully saturated rings. The van der Waals surface area contributed by atoms with E-state index in [-0.39, 0.29) is 11.7 Å². The van der Waals surface area contributed by atoms with Crippen molar-refractivity contribution in [3.05, 3.63) is 54.2 Å². The molecule has 2 aromatic rings. The number of nitrogens with one attached hydrogen (secondary N) is 1. The Labute approximate surface area is 158 Å². The van der Waals surface area contributed by atoms with Gasteiger partial charge in [0, 0.05) is 18.5 Å². The minimum absolute atomic E-state index is 0.000985. The summed E-state index contributed by atoms with van der Waals surface area (Å²) >= 11 is 1.30. The van der Waals surface area contributed by atoms with Gasteiger partial charge in [-0.3, -0.25) is 4.79 Å².